The molecule has 0 spiro atoms. The maximum atomic E-state index is 2.22. The van der Waals surface area contributed by atoms with Gasteiger partial charge in [0.05, 0.1) is 0 Å². The lowest BCUT2D eigenvalue weighted by molar-refractivity contribution is 1.58. The Hall–Kier alpha value is -2.34. The molecule has 0 saturated heterocycles. The second-order valence-corrected chi connectivity index (χ2v) is 4.32. The van der Waals surface area contributed by atoms with Crippen LogP contribution in [0.2, 0.25) is 0 Å². The third-order valence-corrected chi connectivity index (χ3v) is 3.06. The van der Waals surface area contributed by atoms with Crippen LogP contribution in [0, 0.1) is 0 Å². The van der Waals surface area contributed by atoms with Gasteiger partial charge in [0.25, 0.3) is 0 Å². The zero-order chi connectivity index (χ0) is 12.2. The summed E-state index contributed by atoms with van der Waals surface area (Å²) in [6.07, 6.45) is 10.6. The van der Waals surface area contributed by atoms with Gasteiger partial charge >= 0.3 is 0 Å². The summed E-state index contributed by atoms with van der Waals surface area (Å²) in [4.78, 5) is 0. The minimum atomic E-state index is 1.25. The van der Waals surface area contributed by atoms with E-state index in [1.807, 2.05) is 6.07 Å². The lowest BCUT2D eigenvalue weighted by atomic mass is 9.98. The molecule has 0 unspecified atom stereocenters. The number of hydrogen-bond donors (Lipinski definition) is 0. The largest absolute Gasteiger partial charge is 0.0622 e. The van der Waals surface area contributed by atoms with E-state index in [2.05, 4.69) is 78.9 Å². The normalized spacial score (nSPS) is 13.0. The van der Waals surface area contributed by atoms with Crippen molar-refractivity contribution in [2.24, 2.45) is 0 Å². The van der Waals surface area contributed by atoms with Crippen LogP contribution < -0.4 is 0 Å². The molecule has 1 aliphatic rings. The van der Waals surface area contributed by atoms with E-state index >= 15 is 0 Å². The van der Waals surface area contributed by atoms with Crippen molar-refractivity contribution >= 4 is 6.08 Å². The average molecular weight is 230 g/mol. The summed E-state index contributed by atoms with van der Waals surface area (Å²) in [5, 5.41) is 0. The predicted molar refractivity (Wildman–Crippen MR) is 78.1 cm³/mol. The highest BCUT2D eigenvalue weighted by atomic mass is 14.1. The molecule has 1 aliphatic carbocycles. The van der Waals surface area contributed by atoms with Crippen molar-refractivity contribution in [3.63, 3.8) is 0 Å². The molecule has 2 aromatic carbocycles. The summed E-state index contributed by atoms with van der Waals surface area (Å²) in [6.45, 7) is 0. The van der Waals surface area contributed by atoms with Crippen molar-refractivity contribution in [1.82, 2.24) is 0 Å². The van der Waals surface area contributed by atoms with Gasteiger partial charge in [0.2, 0.25) is 0 Å². The maximum absolute atomic E-state index is 2.22. The topological polar surface area (TPSA) is 0 Å². The van der Waals surface area contributed by atoms with Gasteiger partial charge in [-0.3, -0.25) is 0 Å². The SMILES string of the molecule is C1=CC(=Cc2ccccc2-c2ccccc2)C=C1. The highest BCUT2D eigenvalue weighted by Crippen LogP contribution is 2.26. The van der Waals surface area contributed by atoms with E-state index in [-0.39, 0.29) is 0 Å². The molecule has 0 atom stereocenters. The molecule has 0 bridgehead atoms. The first-order chi connectivity index (χ1) is 8.93. The van der Waals surface area contributed by atoms with E-state index in [0.29, 0.717) is 0 Å². The Morgan fingerprint density at radius 1 is 0.667 bits per heavy atom. The Bertz CT molecular complexity index is 614. The van der Waals surface area contributed by atoms with E-state index in [0.717, 1.165) is 0 Å². The average Bonchev–Trinajstić information content (AvgIpc) is 2.93. The van der Waals surface area contributed by atoms with E-state index in [1.165, 1.54) is 22.3 Å². The Morgan fingerprint density at radius 3 is 2.11 bits per heavy atom. The highest BCUT2D eigenvalue weighted by Gasteiger charge is 2.02. The number of allylic oxidation sites excluding steroid dienone is 5. The van der Waals surface area contributed by atoms with Gasteiger partial charge in [0.1, 0.15) is 0 Å². The molecule has 3 rings (SSSR count). The van der Waals surface area contributed by atoms with Crippen molar-refractivity contribution < 1.29 is 0 Å². The lowest BCUT2D eigenvalue weighted by Crippen LogP contribution is -1.83. The first-order valence-corrected chi connectivity index (χ1v) is 6.14. The van der Waals surface area contributed by atoms with Gasteiger partial charge in [-0.05, 0) is 28.3 Å². The second kappa shape index (κ2) is 4.89. The van der Waals surface area contributed by atoms with Crippen LogP contribution in [-0.4, -0.2) is 0 Å². The van der Waals surface area contributed by atoms with Crippen molar-refractivity contribution in [3.8, 4) is 11.1 Å². The molecule has 0 saturated carbocycles. The molecule has 0 aromatic heterocycles. The fourth-order valence-electron chi connectivity index (χ4n) is 2.17. The van der Waals surface area contributed by atoms with Crippen LogP contribution in [-0.2, 0) is 0 Å². The molecular weight excluding hydrogens is 216 g/mol. The lowest BCUT2D eigenvalue weighted by Gasteiger charge is -2.06. The molecule has 0 radical (unpaired) electrons. The Labute approximate surface area is 108 Å². The zero-order valence-electron chi connectivity index (χ0n) is 10.1. The van der Waals surface area contributed by atoms with Crippen molar-refractivity contribution in [1.29, 1.82) is 0 Å². The third-order valence-electron chi connectivity index (χ3n) is 3.06. The Kier molecular flexibility index (Phi) is 2.93. The Balaban J connectivity index is 2.08. The molecule has 2 aromatic rings. The zero-order valence-corrected chi connectivity index (χ0v) is 10.1. The standard InChI is InChI=1S/C18H14/c1-2-10-16(11-3-1)18-13-7-6-12-17(18)14-15-8-4-5-9-15/h1-14H. The van der Waals surface area contributed by atoms with Crippen LogP contribution in [0.1, 0.15) is 5.56 Å². The Morgan fingerprint density at radius 2 is 1.33 bits per heavy atom. The molecule has 0 heteroatoms. The molecule has 0 N–H and O–H groups in total. The van der Waals surface area contributed by atoms with Gasteiger partial charge in [0, 0.05) is 0 Å². The molecular formula is C18H14. The third kappa shape index (κ3) is 2.18. The van der Waals surface area contributed by atoms with Crippen molar-refractivity contribution in [2.75, 3.05) is 0 Å². The highest BCUT2D eigenvalue weighted by molar-refractivity contribution is 5.77. The van der Waals surface area contributed by atoms with Crippen molar-refractivity contribution in [3.05, 3.63) is 90.0 Å². The summed E-state index contributed by atoms with van der Waals surface area (Å²) >= 11 is 0. The van der Waals surface area contributed by atoms with Crippen LogP contribution >= 0.6 is 0 Å². The van der Waals surface area contributed by atoms with Gasteiger partial charge in [-0.1, -0.05) is 78.9 Å². The summed E-state index contributed by atoms with van der Waals surface area (Å²) in [5.74, 6) is 0. The van der Waals surface area contributed by atoms with Gasteiger partial charge in [-0.2, -0.15) is 0 Å². The quantitative estimate of drug-likeness (QED) is 0.691. The minimum absolute atomic E-state index is 1.25. The molecule has 86 valence electrons. The maximum Gasteiger partial charge on any atom is -0.0111 e. The first kappa shape index (κ1) is 10.8. The van der Waals surface area contributed by atoms with Crippen LogP contribution in [0.15, 0.2) is 84.5 Å². The summed E-state index contributed by atoms with van der Waals surface area (Å²) in [7, 11) is 0. The van der Waals surface area contributed by atoms with Crippen LogP contribution in [0.25, 0.3) is 17.2 Å². The molecule has 0 nitrogen and oxygen atoms in total. The monoisotopic (exact) mass is 230 g/mol. The number of rotatable bonds is 2. The minimum Gasteiger partial charge on any atom is -0.0622 e. The fraction of sp³-hybridized carbons (Fsp3) is 0. The smallest absolute Gasteiger partial charge is 0.0111 e. The molecule has 0 fully saturated rings. The second-order valence-electron chi connectivity index (χ2n) is 4.32. The van der Waals surface area contributed by atoms with E-state index in [9.17, 15) is 0 Å². The first-order valence-electron chi connectivity index (χ1n) is 6.14. The van der Waals surface area contributed by atoms with Crippen LogP contribution in [0.3, 0.4) is 0 Å². The van der Waals surface area contributed by atoms with Gasteiger partial charge in [0.15, 0.2) is 0 Å². The van der Waals surface area contributed by atoms with Gasteiger partial charge in [-0.25, -0.2) is 0 Å². The van der Waals surface area contributed by atoms with E-state index in [4.69, 9.17) is 0 Å². The van der Waals surface area contributed by atoms with Gasteiger partial charge in [-0.15, -0.1) is 0 Å². The molecule has 0 amide bonds. The number of benzene rings is 2. The van der Waals surface area contributed by atoms with E-state index < -0.39 is 0 Å². The van der Waals surface area contributed by atoms with Crippen LogP contribution in [0.5, 0.6) is 0 Å². The van der Waals surface area contributed by atoms with Crippen molar-refractivity contribution in [2.45, 2.75) is 0 Å². The molecule has 0 heterocycles. The van der Waals surface area contributed by atoms with Crippen LogP contribution in [0.4, 0.5) is 0 Å². The number of hydrogen-bond acceptors (Lipinski definition) is 0. The predicted octanol–water partition coefficient (Wildman–Crippen LogP) is 4.86. The summed E-state index contributed by atoms with van der Waals surface area (Å²) in [6, 6.07) is 19.0. The molecule has 0 aliphatic heterocycles. The molecule has 18 heavy (non-hydrogen) atoms. The fourth-order valence-corrected chi connectivity index (χ4v) is 2.17. The summed E-state index contributed by atoms with van der Waals surface area (Å²) in [5.41, 5.74) is 5.04. The summed E-state index contributed by atoms with van der Waals surface area (Å²) < 4.78 is 0. The van der Waals surface area contributed by atoms with E-state index in [1.54, 1.807) is 0 Å². The van der Waals surface area contributed by atoms with Gasteiger partial charge < -0.3 is 0 Å².